The average Bonchev–Trinajstić information content (AvgIpc) is 2.83. The Bertz CT molecular complexity index is 1170. The number of carbonyl (C=O) groups is 1. The number of rotatable bonds is 3. The smallest absolute Gasteiger partial charge is 0.410 e. The first-order valence-electron chi connectivity index (χ1n) is 11.1. The van der Waals surface area contributed by atoms with Gasteiger partial charge in [0, 0.05) is 48.7 Å². The van der Waals surface area contributed by atoms with E-state index in [0.717, 1.165) is 35.2 Å². The zero-order chi connectivity index (χ0) is 23.4. The summed E-state index contributed by atoms with van der Waals surface area (Å²) in [6.07, 6.45) is 6.57. The van der Waals surface area contributed by atoms with Gasteiger partial charge >= 0.3 is 6.09 Å². The molecule has 7 heteroatoms. The number of amides is 1. The molecule has 2 aromatic heterocycles. The highest BCUT2D eigenvalue weighted by atomic mass is 16.6. The minimum Gasteiger partial charge on any atom is -0.444 e. The van der Waals surface area contributed by atoms with E-state index in [4.69, 9.17) is 9.72 Å². The highest BCUT2D eigenvalue weighted by Gasteiger charge is 2.29. The molecule has 0 spiro atoms. The van der Waals surface area contributed by atoms with Crippen molar-refractivity contribution in [2.24, 2.45) is 0 Å². The van der Waals surface area contributed by atoms with Crippen LogP contribution in [0, 0.1) is 11.3 Å². The van der Waals surface area contributed by atoms with Crippen LogP contribution in [-0.2, 0) is 4.74 Å². The van der Waals surface area contributed by atoms with E-state index in [-0.39, 0.29) is 12.0 Å². The SMILES string of the molecule is CC(C)(C)OC(=O)N1CCC(c2nc(-c3ccncc3)ncc2-c2cccc(C#N)c2)CC1. The van der Waals surface area contributed by atoms with Crippen LogP contribution in [0.25, 0.3) is 22.5 Å². The highest BCUT2D eigenvalue weighted by Crippen LogP contribution is 2.35. The number of carbonyl (C=O) groups excluding carboxylic acids is 1. The Labute approximate surface area is 194 Å². The summed E-state index contributed by atoms with van der Waals surface area (Å²) in [6, 6.07) is 13.5. The first-order chi connectivity index (χ1) is 15.8. The van der Waals surface area contributed by atoms with Gasteiger partial charge < -0.3 is 9.64 Å². The van der Waals surface area contributed by atoms with E-state index in [1.165, 1.54) is 0 Å². The Morgan fingerprint density at radius 1 is 1.12 bits per heavy atom. The number of piperidine rings is 1. The summed E-state index contributed by atoms with van der Waals surface area (Å²) >= 11 is 0. The first-order valence-corrected chi connectivity index (χ1v) is 11.1. The Balaban J connectivity index is 1.65. The monoisotopic (exact) mass is 441 g/mol. The van der Waals surface area contributed by atoms with Crippen molar-refractivity contribution >= 4 is 6.09 Å². The fraction of sp³-hybridized carbons (Fsp3) is 0.346. The molecule has 1 aliphatic rings. The van der Waals surface area contributed by atoms with Gasteiger partial charge in [-0.15, -0.1) is 0 Å². The molecule has 0 saturated carbocycles. The quantitative estimate of drug-likeness (QED) is 0.555. The lowest BCUT2D eigenvalue weighted by Gasteiger charge is -2.33. The predicted octanol–water partition coefficient (Wildman–Crippen LogP) is 5.19. The molecule has 4 rings (SSSR count). The van der Waals surface area contributed by atoms with Crippen molar-refractivity contribution in [3.05, 3.63) is 66.2 Å². The van der Waals surface area contributed by atoms with E-state index in [9.17, 15) is 10.1 Å². The fourth-order valence-corrected chi connectivity index (χ4v) is 3.99. The summed E-state index contributed by atoms with van der Waals surface area (Å²) in [6.45, 7) is 6.83. The molecule has 0 atom stereocenters. The van der Waals surface area contributed by atoms with Crippen LogP contribution < -0.4 is 0 Å². The molecule has 1 fully saturated rings. The van der Waals surface area contributed by atoms with Gasteiger partial charge in [-0.2, -0.15) is 5.26 Å². The number of nitriles is 1. The molecule has 1 aliphatic heterocycles. The first kappa shape index (κ1) is 22.4. The van der Waals surface area contributed by atoms with Crippen molar-refractivity contribution in [3.63, 3.8) is 0 Å². The molecule has 3 aromatic rings. The summed E-state index contributed by atoms with van der Waals surface area (Å²) < 4.78 is 5.54. The molecule has 0 radical (unpaired) electrons. The Hall–Kier alpha value is -3.79. The lowest BCUT2D eigenvalue weighted by atomic mass is 9.88. The summed E-state index contributed by atoms with van der Waals surface area (Å²) in [4.78, 5) is 27.9. The molecular weight excluding hydrogens is 414 g/mol. The minimum atomic E-state index is -0.515. The summed E-state index contributed by atoms with van der Waals surface area (Å²) in [5, 5.41) is 9.34. The molecule has 0 unspecified atom stereocenters. The van der Waals surface area contributed by atoms with Crippen LogP contribution in [0.1, 0.15) is 50.8 Å². The molecular formula is C26H27N5O2. The van der Waals surface area contributed by atoms with Gasteiger partial charge in [-0.25, -0.2) is 14.8 Å². The molecule has 1 amide bonds. The van der Waals surface area contributed by atoms with E-state index >= 15 is 0 Å². The second kappa shape index (κ2) is 9.37. The van der Waals surface area contributed by atoms with Gasteiger partial charge in [-0.05, 0) is 63.4 Å². The van der Waals surface area contributed by atoms with Gasteiger partial charge in [0.25, 0.3) is 0 Å². The third kappa shape index (κ3) is 5.35. The molecule has 1 saturated heterocycles. The van der Waals surface area contributed by atoms with Crippen molar-refractivity contribution in [2.45, 2.75) is 45.1 Å². The van der Waals surface area contributed by atoms with Crippen LogP contribution in [0.15, 0.2) is 55.0 Å². The standard InChI is InChI=1S/C26H27N5O2/c1-26(2,3)33-25(32)31-13-9-19(10-14-31)23-22(21-6-4-5-18(15-21)16-27)17-29-24(30-23)20-7-11-28-12-8-20/h4-8,11-12,15,17,19H,9-10,13-14H2,1-3H3. The highest BCUT2D eigenvalue weighted by molar-refractivity contribution is 5.70. The van der Waals surface area contributed by atoms with E-state index in [2.05, 4.69) is 16.0 Å². The molecule has 0 bridgehead atoms. The van der Waals surface area contributed by atoms with Crippen LogP contribution in [0.2, 0.25) is 0 Å². The number of hydrogen-bond donors (Lipinski definition) is 0. The Kier molecular flexibility index (Phi) is 6.36. The van der Waals surface area contributed by atoms with E-state index < -0.39 is 5.60 Å². The maximum absolute atomic E-state index is 12.5. The van der Waals surface area contributed by atoms with Crippen molar-refractivity contribution < 1.29 is 9.53 Å². The molecule has 1 aromatic carbocycles. The van der Waals surface area contributed by atoms with Crippen LogP contribution >= 0.6 is 0 Å². The van der Waals surface area contributed by atoms with Crippen molar-refractivity contribution in [1.29, 1.82) is 5.26 Å². The number of nitrogens with zero attached hydrogens (tertiary/aromatic N) is 5. The molecule has 3 heterocycles. The lowest BCUT2D eigenvalue weighted by molar-refractivity contribution is 0.0204. The van der Waals surface area contributed by atoms with E-state index in [1.54, 1.807) is 23.4 Å². The maximum Gasteiger partial charge on any atom is 0.410 e. The summed E-state index contributed by atoms with van der Waals surface area (Å²) in [5.74, 6) is 0.801. The van der Waals surface area contributed by atoms with Crippen LogP contribution in [0.5, 0.6) is 0 Å². The second-order valence-corrected chi connectivity index (χ2v) is 9.16. The molecule has 168 valence electrons. The number of aromatic nitrogens is 3. The molecule has 0 aliphatic carbocycles. The summed E-state index contributed by atoms with van der Waals surface area (Å²) in [5.41, 5.74) is 3.75. The third-order valence-corrected chi connectivity index (χ3v) is 5.59. The van der Waals surface area contributed by atoms with Gasteiger partial charge in [-0.3, -0.25) is 4.98 Å². The molecule has 33 heavy (non-hydrogen) atoms. The van der Waals surface area contributed by atoms with E-state index in [0.29, 0.717) is 24.5 Å². The molecule has 0 N–H and O–H groups in total. The predicted molar refractivity (Wildman–Crippen MR) is 125 cm³/mol. The van der Waals surface area contributed by atoms with Crippen molar-refractivity contribution in [3.8, 4) is 28.6 Å². The van der Waals surface area contributed by atoms with Gasteiger partial charge in [0.15, 0.2) is 5.82 Å². The van der Waals surface area contributed by atoms with Crippen LogP contribution in [0.4, 0.5) is 4.79 Å². The second-order valence-electron chi connectivity index (χ2n) is 9.16. The van der Waals surface area contributed by atoms with Crippen molar-refractivity contribution in [2.75, 3.05) is 13.1 Å². The minimum absolute atomic E-state index is 0.160. The van der Waals surface area contributed by atoms with Gasteiger partial charge in [0.1, 0.15) is 5.60 Å². The lowest BCUT2D eigenvalue weighted by Crippen LogP contribution is -2.41. The van der Waals surface area contributed by atoms with Crippen LogP contribution in [0.3, 0.4) is 0 Å². The third-order valence-electron chi connectivity index (χ3n) is 5.59. The summed E-state index contributed by atoms with van der Waals surface area (Å²) in [7, 11) is 0. The fourth-order valence-electron chi connectivity index (χ4n) is 3.99. The Morgan fingerprint density at radius 2 is 1.85 bits per heavy atom. The number of hydrogen-bond acceptors (Lipinski definition) is 6. The topological polar surface area (TPSA) is 92.0 Å². The normalized spacial score (nSPS) is 14.5. The van der Waals surface area contributed by atoms with Gasteiger partial charge in [0.05, 0.1) is 17.3 Å². The van der Waals surface area contributed by atoms with Gasteiger partial charge in [0.2, 0.25) is 0 Å². The van der Waals surface area contributed by atoms with Crippen LogP contribution in [-0.4, -0.2) is 44.6 Å². The Morgan fingerprint density at radius 3 is 2.52 bits per heavy atom. The van der Waals surface area contributed by atoms with Gasteiger partial charge in [-0.1, -0.05) is 12.1 Å². The zero-order valence-corrected chi connectivity index (χ0v) is 19.2. The largest absolute Gasteiger partial charge is 0.444 e. The van der Waals surface area contributed by atoms with E-state index in [1.807, 2.05) is 57.3 Å². The number of likely N-dealkylation sites (tertiary alicyclic amines) is 1. The molecule has 7 nitrogen and oxygen atoms in total. The zero-order valence-electron chi connectivity index (χ0n) is 19.2. The number of benzene rings is 1. The average molecular weight is 442 g/mol. The van der Waals surface area contributed by atoms with Crippen molar-refractivity contribution in [1.82, 2.24) is 19.9 Å². The maximum atomic E-state index is 12.5. The number of ether oxygens (including phenoxy) is 1. The number of pyridine rings is 1.